The van der Waals surface area contributed by atoms with Crippen molar-refractivity contribution in [1.82, 2.24) is 15.4 Å². The molecule has 6 heteroatoms. The standard InChI is InChI=1S/C17H14N4O2/c18-17-16(19-21-20-17)13-2-1-3-14(9-13)23-10-11-4-5-15-12(8-11)6-7-22-15/h1-9H,10H2,(H3,18,19,20,21). The summed E-state index contributed by atoms with van der Waals surface area (Å²) in [6, 6.07) is 15.5. The summed E-state index contributed by atoms with van der Waals surface area (Å²) in [5.41, 5.74) is 9.23. The number of H-pyrrole nitrogens is 1. The lowest BCUT2D eigenvalue weighted by Gasteiger charge is -2.07. The van der Waals surface area contributed by atoms with Crippen molar-refractivity contribution in [2.24, 2.45) is 0 Å². The third kappa shape index (κ3) is 2.62. The highest BCUT2D eigenvalue weighted by Gasteiger charge is 2.08. The zero-order valence-corrected chi connectivity index (χ0v) is 12.2. The number of nitrogens with zero attached hydrogens (tertiary/aromatic N) is 2. The van der Waals surface area contributed by atoms with Crippen LogP contribution in [0.5, 0.6) is 5.75 Å². The monoisotopic (exact) mass is 306 g/mol. The third-order valence-electron chi connectivity index (χ3n) is 3.61. The molecule has 4 aromatic rings. The molecule has 0 bridgehead atoms. The highest BCUT2D eigenvalue weighted by molar-refractivity contribution is 5.77. The zero-order valence-electron chi connectivity index (χ0n) is 12.2. The molecule has 2 aromatic carbocycles. The van der Waals surface area contributed by atoms with E-state index in [0.717, 1.165) is 27.8 Å². The molecule has 0 fully saturated rings. The van der Waals surface area contributed by atoms with Crippen LogP contribution in [-0.4, -0.2) is 15.4 Å². The predicted octanol–water partition coefficient (Wildman–Crippen LogP) is 3.38. The number of anilines is 1. The van der Waals surface area contributed by atoms with Crippen LogP contribution in [0.2, 0.25) is 0 Å². The van der Waals surface area contributed by atoms with Gasteiger partial charge < -0.3 is 14.9 Å². The molecule has 23 heavy (non-hydrogen) atoms. The number of benzene rings is 2. The third-order valence-corrected chi connectivity index (χ3v) is 3.61. The first-order valence-corrected chi connectivity index (χ1v) is 7.15. The van der Waals surface area contributed by atoms with Crippen molar-refractivity contribution < 1.29 is 9.15 Å². The molecule has 0 radical (unpaired) electrons. The number of hydrogen-bond donors (Lipinski definition) is 2. The molecule has 0 unspecified atom stereocenters. The van der Waals surface area contributed by atoms with E-state index in [1.165, 1.54) is 0 Å². The molecule has 2 aromatic heterocycles. The highest BCUT2D eigenvalue weighted by Crippen LogP contribution is 2.26. The molecule has 0 saturated carbocycles. The van der Waals surface area contributed by atoms with Gasteiger partial charge in [-0.3, -0.25) is 0 Å². The summed E-state index contributed by atoms with van der Waals surface area (Å²) >= 11 is 0. The number of fused-ring (bicyclic) bond motifs is 1. The van der Waals surface area contributed by atoms with E-state index in [1.54, 1.807) is 6.26 Å². The average molecular weight is 306 g/mol. The molecule has 0 saturated heterocycles. The molecule has 0 aliphatic heterocycles. The van der Waals surface area contributed by atoms with Gasteiger partial charge in [0, 0.05) is 10.9 Å². The Hall–Kier alpha value is -3.28. The first kappa shape index (κ1) is 13.4. The molecule has 0 aliphatic carbocycles. The van der Waals surface area contributed by atoms with E-state index in [9.17, 15) is 0 Å². The smallest absolute Gasteiger partial charge is 0.147 e. The van der Waals surface area contributed by atoms with Gasteiger partial charge in [0.25, 0.3) is 0 Å². The SMILES string of the molecule is Nc1[nH]nnc1-c1cccc(OCc2ccc3occc3c2)c1. The molecule has 4 rings (SSSR count). The van der Waals surface area contributed by atoms with Crippen molar-refractivity contribution >= 4 is 16.8 Å². The molecule has 2 heterocycles. The van der Waals surface area contributed by atoms with Crippen LogP contribution < -0.4 is 10.5 Å². The van der Waals surface area contributed by atoms with Crippen molar-refractivity contribution in [3.8, 4) is 17.0 Å². The van der Waals surface area contributed by atoms with Gasteiger partial charge in [-0.1, -0.05) is 23.4 Å². The number of nitrogen functional groups attached to an aromatic ring is 1. The maximum absolute atomic E-state index is 5.87. The largest absolute Gasteiger partial charge is 0.489 e. The average Bonchev–Trinajstić information content (AvgIpc) is 3.21. The van der Waals surface area contributed by atoms with Crippen LogP contribution in [-0.2, 0) is 6.61 Å². The van der Waals surface area contributed by atoms with Crippen LogP contribution in [0.3, 0.4) is 0 Å². The van der Waals surface area contributed by atoms with Gasteiger partial charge in [-0.15, -0.1) is 5.10 Å². The second-order valence-corrected chi connectivity index (χ2v) is 5.18. The van der Waals surface area contributed by atoms with Crippen LogP contribution in [0.15, 0.2) is 59.2 Å². The number of rotatable bonds is 4. The summed E-state index contributed by atoms with van der Waals surface area (Å²) in [4.78, 5) is 0. The summed E-state index contributed by atoms with van der Waals surface area (Å²) in [6.45, 7) is 0.471. The Morgan fingerprint density at radius 3 is 2.96 bits per heavy atom. The van der Waals surface area contributed by atoms with Crippen LogP contribution in [0.4, 0.5) is 5.82 Å². The van der Waals surface area contributed by atoms with Gasteiger partial charge >= 0.3 is 0 Å². The number of nitrogens with two attached hydrogens (primary N) is 1. The van der Waals surface area contributed by atoms with Crippen molar-refractivity contribution in [2.45, 2.75) is 6.61 Å². The van der Waals surface area contributed by atoms with Gasteiger partial charge in [-0.25, -0.2) is 5.10 Å². The summed E-state index contributed by atoms with van der Waals surface area (Å²) in [5, 5.41) is 11.4. The van der Waals surface area contributed by atoms with Crippen LogP contribution >= 0.6 is 0 Å². The van der Waals surface area contributed by atoms with E-state index < -0.39 is 0 Å². The van der Waals surface area contributed by atoms with Crippen LogP contribution in [0, 0.1) is 0 Å². The predicted molar refractivity (Wildman–Crippen MR) is 86.8 cm³/mol. The number of furan rings is 1. The van der Waals surface area contributed by atoms with E-state index in [4.69, 9.17) is 14.9 Å². The molecule has 114 valence electrons. The Morgan fingerprint density at radius 2 is 2.09 bits per heavy atom. The zero-order chi connectivity index (χ0) is 15.6. The normalized spacial score (nSPS) is 11.0. The van der Waals surface area contributed by atoms with Gasteiger partial charge in [-0.05, 0) is 35.9 Å². The lowest BCUT2D eigenvalue weighted by atomic mass is 10.1. The van der Waals surface area contributed by atoms with Crippen LogP contribution in [0.25, 0.3) is 22.2 Å². The molecular weight excluding hydrogens is 292 g/mol. The quantitative estimate of drug-likeness (QED) is 0.603. The fourth-order valence-corrected chi connectivity index (χ4v) is 2.45. The molecule has 0 amide bonds. The minimum absolute atomic E-state index is 0.438. The minimum atomic E-state index is 0.438. The molecule has 3 N–H and O–H groups in total. The van der Waals surface area contributed by atoms with E-state index in [1.807, 2.05) is 42.5 Å². The first-order chi connectivity index (χ1) is 11.3. The maximum Gasteiger partial charge on any atom is 0.147 e. The maximum atomic E-state index is 5.87. The van der Waals surface area contributed by atoms with Gasteiger partial charge in [0.15, 0.2) is 0 Å². The Bertz CT molecular complexity index is 958. The molecular formula is C17H14N4O2. The van der Waals surface area contributed by atoms with Crippen molar-refractivity contribution in [2.75, 3.05) is 5.73 Å². The van der Waals surface area contributed by atoms with Crippen LogP contribution in [0.1, 0.15) is 5.56 Å². The van der Waals surface area contributed by atoms with Gasteiger partial charge in [0.05, 0.1) is 6.26 Å². The summed E-state index contributed by atoms with van der Waals surface area (Å²) in [5.74, 6) is 1.18. The van der Waals surface area contributed by atoms with E-state index in [-0.39, 0.29) is 0 Å². The van der Waals surface area contributed by atoms with Crippen molar-refractivity contribution in [3.05, 3.63) is 60.4 Å². The summed E-state index contributed by atoms with van der Waals surface area (Å²) < 4.78 is 11.2. The Labute approximate surface area is 131 Å². The summed E-state index contributed by atoms with van der Waals surface area (Å²) in [7, 11) is 0. The fourth-order valence-electron chi connectivity index (χ4n) is 2.45. The number of nitrogens with one attached hydrogen (secondary N) is 1. The second kappa shape index (κ2) is 5.49. The van der Waals surface area contributed by atoms with Gasteiger partial charge in [0.2, 0.25) is 0 Å². The number of aromatic nitrogens is 3. The summed E-state index contributed by atoms with van der Waals surface area (Å²) in [6.07, 6.45) is 1.68. The van der Waals surface area contributed by atoms with Gasteiger partial charge in [0.1, 0.15) is 29.5 Å². The number of aromatic amines is 1. The molecule has 0 aliphatic rings. The van der Waals surface area contributed by atoms with E-state index in [0.29, 0.717) is 18.1 Å². The minimum Gasteiger partial charge on any atom is -0.489 e. The molecule has 0 atom stereocenters. The molecule has 6 nitrogen and oxygen atoms in total. The Balaban J connectivity index is 1.53. The Morgan fingerprint density at radius 1 is 1.13 bits per heavy atom. The topological polar surface area (TPSA) is 90.0 Å². The fraction of sp³-hybridized carbons (Fsp3) is 0.0588. The lowest BCUT2D eigenvalue weighted by Crippen LogP contribution is -1.95. The number of ether oxygens (including phenoxy) is 1. The van der Waals surface area contributed by atoms with Crippen molar-refractivity contribution in [1.29, 1.82) is 0 Å². The number of hydrogen-bond acceptors (Lipinski definition) is 5. The van der Waals surface area contributed by atoms with Gasteiger partial charge in [-0.2, -0.15) is 0 Å². The molecule has 0 spiro atoms. The van der Waals surface area contributed by atoms with E-state index >= 15 is 0 Å². The van der Waals surface area contributed by atoms with Crippen molar-refractivity contribution in [3.63, 3.8) is 0 Å². The lowest BCUT2D eigenvalue weighted by molar-refractivity contribution is 0.306. The highest BCUT2D eigenvalue weighted by atomic mass is 16.5. The van der Waals surface area contributed by atoms with E-state index in [2.05, 4.69) is 21.5 Å². The second-order valence-electron chi connectivity index (χ2n) is 5.18. The Kier molecular flexibility index (Phi) is 3.20. The first-order valence-electron chi connectivity index (χ1n) is 7.15.